The first-order chi connectivity index (χ1) is 13.7. The average molecular weight is 372 g/mol. The van der Waals surface area contributed by atoms with Crippen molar-refractivity contribution in [2.24, 2.45) is 0 Å². The fourth-order valence-corrected chi connectivity index (χ4v) is 4.40. The molecule has 4 aromatic rings. The Kier molecular flexibility index (Phi) is 2.98. The maximum atomic E-state index is 11.6. The summed E-state index contributed by atoms with van der Waals surface area (Å²) in [5.41, 5.74) is 5.68. The zero-order chi connectivity index (χ0) is 18.8. The zero-order valence-electron chi connectivity index (χ0n) is 14.8. The Labute approximate surface area is 159 Å². The van der Waals surface area contributed by atoms with Crippen LogP contribution in [0.25, 0.3) is 10.9 Å². The lowest BCUT2D eigenvalue weighted by molar-refractivity contribution is 0.0696. The van der Waals surface area contributed by atoms with Crippen LogP contribution in [0.4, 0.5) is 0 Å². The maximum absolute atomic E-state index is 11.6. The van der Waals surface area contributed by atoms with Crippen LogP contribution in [-0.4, -0.2) is 27.4 Å². The first kappa shape index (κ1) is 15.4. The lowest BCUT2D eigenvalue weighted by Gasteiger charge is -2.27. The van der Waals surface area contributed by atoms with E-state index in [0.29, 0.717) is 17.7 Å². The average Bonchev–Trinajstić information content (AvgIpc) is 3.41. The standard InChI is InChI=1S/C22H16N2O4/c25-22(26)13-7-14-9-16-15-3-1-2-4-17(15)23-20(16)21(24(14)10-13)12-5-6-18-19(8-12)28-11-27-18/h1-8,10,21,23H,9,11H2,(H,25,26). The van der Waals surface area contributed by atoms with Gasteiger partial charge in [-0.25, -0.2) is 4.79 Å². The molecule has 0 bridgehead atoms. The molecular formula is C22H16N2O4. The van der Waals surface area contributed by atoms with E-state index in [-0.39, 0.29) is 12.8 Å². The third-order valence-electron chi connectivity index (χ3n) is 5.65. The molecule has 6 nitrogen and oxygen atoms in total. The quantitative estimate of drug-likeness (QED) is 0.492. The summed E-state index contributed by atoms with van der Waals surface area (Å²) in [5, 5.41) is 10.7. The Bertz CT molecular complexity index is 1270. The lowest BCUT2D eigenvalue weighted by Crippen LogP contribution is -2.20. The lowest BCUT2D eigenvalue weighted by atomic mass is 9.93. The van der Waals surface area contributed by atoms with Crippen molar-refractivity contribution in [3.63, 3.8) is 0 Å². The molecule has 138 valence electrons. The van der Waals surface area contributed by atoms with Crippen LogP contribution in [0.3, 0.4) is 0 Å². The molecule has 2 aliphatic heterocycles. The van der Waals surface area contributed by atoms with Crippen LogP contribution in [0, 0.1) is 0 Å². The van der Waals surface area contributed by atoms with Gasteiger partial charge in [-0.2, -0.15) is 0 Å². The largest absolute Gasteiger partial charge is 0.478 e. The highest BCUT2D eigenvalue weighted by molar-refractivity contribution is 5.89. The van der Waals surface area contributed by atoms with Gasteiger partial charge in [0, 0.05) is 34.9 Å². The van der Waals surface area contributed by atoms with Crippen LogP contribution in [0.2, 0.25) is 0 Å². The molecular weight excluding hydrogens is 356 g/mol. The van der Waals surface area contributed by atoms with Gasteiger partial charge < -0.3 is 24.1 Å². The van der Waals surface area contributed by atoms with Gasteiger partial charge in [-0.3, -0.25) is 0 Å². The minimum atomic E-state index is -0.917. The molecule has 1 unspecified atom stereocenters. The van der Waals surface area contributed by atoms with Crippen molar-refractivity contribution >= 4 is 16.9 Å². The molecule has 1 atom stereocenters. The Balaban J connectivity index is 1.61. The van der Waals surface area contributed by atoms with E-state index >= 15 is 0 Å². The van der Waals surface area contributed by atoms with E-state index in [1.807, 2.05) is 30.3 Å². The van der Waals surface area contributed by atoms with Gasteiger partial charge in [0.05, 0.1) is 11.6 Å². The van der Waals surface area contributed by atoms with Gasteiger partial charge in [0.15, 0.2) is 11.5 Å². The Morgan fingerprint density at radius 3 is 2.86 bits per heavy atom. The van der Waals surface area contributed by atoms with Gasteiger partial charge in [-0.15, -0.1) is 0 Å². The van der Waals surface area contributed by atoms with Crippen LogP contribution in [0.1, 0.15) is 38.9 Å². The number of carboxylic acids is 1. The molecule has 0 fully saturated rings. The number of H-pyrrole nitrogens is 1. The molecule has 0 aliphatic carbocycles. The number of aromatic nitrogens is 2. The highest BCUT2D eigenvalue weighted by atomic mass is 16.7. The number of nitrogens with zero attached hydrogens (tertiary/aromatic N) is 1. The van der Waals surface area contributed by atoms with Gasteiger partial charge in [0.25, 0.3) is 0 Å². The topological polar surface area (TPSA) is 76.5 Å². The number of rotatable bonds is 2. The van der Waals surface area contributed by atoms with Crippen molar-refractivity contribution in [1.29, 1.82) is 0 Å². The van der Waals surface area contributed by atoms with Crippen LogP contribution in [0.5, 0.6) is 11.5 Å². The molecule has 2 aliphatic rings. The third kappa shape index (κ3) is 2.05. The number of fused-ring (bicyclic) bond motifs is 5. The molecule has 0 saturated heterocycles. The first-order valence-electron chi connectivity index (χ1n) is 9.12. The molecule has 4 heterocycles. The summed E-state index contributed by atoms with van der Waals surface area (Å²) in [6.45, 7) is 0.221. The van der Waals surface area contributed by atoms with Crippen molar-refractivity contribution in [3.05, 3.63) is 82.8 Å². The fourth-order valence-electron chi connectivity index (χ4n) is 4.40. The van der Waals surface area contributed by atoms with E-state index in [9.17, 15) is 9.90 Å². The molecule has 6 heteroatoms. The van der Waals surface area contributed by atoms with E-state index in [4.69, 9.17) is 9.47 Å². The summed E-state index contributed by atoms with van der Waals surface area (Å²) in [7, 11) is 0. The summed E-state index contributed by atoms with van der Waals surface area (Å²) >= 11 is 0. The van der Waals surface area contributed by atoms with Crippen molar-refractivity contribution in [2.45, 2.75) is 12.5 Å². The molecule has 28 heavy (non-hydrogen) atoms. The van der Waals surface area contributed by atoms with E-state index in [0.717, 1.165) is 28.2 Å². The summed E-state index contributed by atoms with van der Waals surface area (Å²) in [5.74, 6) is 0.531. The number of carboxylic acid groups (broad SMARTS) is 1. The highest BCUT2D eigenvalue weighted by Gasteiger charge is 2.31. The zero-order valence-corrected chi connectivity index (χ0v) is 14.8. The number of nitrogens with one attached hydrogen (secondary N) is 1. The molecule has 2 aromatic heterocycles. The molecule has 0 radical (unpaired) electrons. The molecule has 0 amide bonds. The number of hydrogen-bond acceptors (Lipinski definition) is 3. The normalized spacial score (nSPS) is 16.8. The minimum absolute atomic E-state index is 0.159. The van der Waals surface area contributed by atoms with E-state index in [2.05, 4.69) is 21.7 Å². The third-order valence-corrected chi connectivity index (χ3v) is 5.65. The van der Waals surface area contributed by atoms with Crippen LogP contribution in [0.15, 0.2) is 54.7 Å². The van der Waals surface area contributed by atoms with Gasteiger partial charge in [0.2, 0.25) is 6.79 Å². The number of aromatic carboxylic acids is 1. The Hall–Kier alpha value is -3.67. The monoisotopic (exact) mass is 372 g/mol. The van der Waals surface area contributed by atoms with E-state index in [1.54, 1.807) is 12.3 Å². The van der Waals surface area contributed by atoms with Crippen LogP contribution < -0.4 is 9.47 Å². The SMILES string of the molecule is O=C(O)c1cc2n(c1)C(c1ccc3c(c1)OCO3)c1[nH]c3ccccc3c1C2. The number of carbonyl (C=O) groups is 1. The summed E-state index contributed by atoms with van der Waals surface area (Å²) in [6.07, 6.45) is 2.41. The number of para-hydroxylation sites is 1. The second-order valence-electron chi connectivity index (χ2n) is 7.19. The smallest absolute Gasteiger partial charge is 0.337 e. The van der Waals surface area contributed by atoms with Gasteiger partial charge in [-0.05, 0) is 35.4 Å². The summed E-state index contributed by atoms with van der Waals surface area (Å²) in [6, 6.07) is 15.8. The first-order valence-corrected chi connectivity index (χ1v) is 9.12. The highest BCUT2D eigenvalue weighted by Crippen LogP contribution is 2.42. The van der Waals surface area contributed by atoms with E-state index < -0.39 is 5.97 Å². The van der Waals surface area contributed by atoms with Gasteiger partial charge >= 0.3 is 5.97 Å². The van der Waals surface area contributed by atoms with Crippen LogP contribution >= 0.6 is 0 Å². The van der Waals surface area contributed by atoms with Crippen molar-refractivity contribution in [1.82, 2.24) is 9.55 Å². The second-order valence-corrected chi connectivity index (χ2v) is 7.19. The predicted octanol–water partition coefficient (Wildman–Crippen LogP) is 3.94. The van der Waals surface area contributed by atoms with Crippen molar-refractivity contribution in [3.8, 4) is 11.5 Å². The molecule has 2 aromatic carbocycles. The van der Waals surface area contributed by atoms with Crippen molar-refractivity contribution in [2.75, 3.05) is 6.79 Å². The minimum Gasteiger partial charge on any atom is -0.478 e. The second kappa shape index (κ2) is 5.42. The molecule has 0 spiro atoms. The predicted molar refractivity (Wildman–Crippen MR) is 102 cm³/mol. The maximum Gasteiger partial charge on any atom is 0.337 e. The van der Waals surface area contributed by atoms with Gasteiger partial charge in [0.1, 0.15) is 0 Å². The van der Waals surface area contributed by atoms with Gasteiger partial charge in [-0.1, -0.05) is 24.3 Å². The molecule has 2 N–H and O–H groups in total. The Morgan fingerprint density at radius 1 is 1.11 bits per heavy atom. The summed E-state index contributed by atoms with van der Waals surface area (Å²) < 4.78 is 13.1. The number of benzene rings is 2. The fraction of sp³-hybridized carbons (Fsp3) is 0.136. The van der Waals surface area contributed by atoms with E-state index in [1.165, 1.54) is 10.9 Å². The summed E-state index contributed by atoms with van der Waals surface area (Å²) in [4.78, 5) is 15.2. The van der Waals surface area contributed by atoms with Crippen molar-refractivity contribution < 1.29 is 19.4 Å². The van der Waals surface area contributed by atoms with Crippen LogP contribution in [-0.2, 0) is 6.42 Å². The molecule has 6 rings (SSSR count). The molecule has 0 saturated carbocycles. The number of hydrogen-bond donors (Lipinski definition) is 2. The Morgan fingerprint density at radius 2 is 1.96 bits per heavy atom. The number of ether oxygens (including phenoxy) is 2. The number of aromatic amines is 1.